The molecule has 0 saturated carbocycles. The molecule has 6 heteroatoms. The van der Waals surface area contributed by atoms with Gasteiger partial charge in [-0.3, -0.25) is 14.4 Å². The van der Waals surface area contributed by atoms with Crippen LogP contribution < -0.4 is 0 Å². The standard InChI is InChI=1S/C71H128O6/c1-4-7-10-13-16-19-22-25-28-30-31-32-33-34-35-36-37-38-39-41-43-46-49-52-55-58-61-64-70(73)76-67-68(66-75-69(72)63-60-57-54-51-48-45-42-27-24-21-18-15-12-9-6-3)77-71(74)65-62-59-56-53-50-47-44-40-29-26-23-20-17-14-11-8-5-2/h18,21-22,25,27,30-31,33-34,42,68H,4-17,19-20,23-24,26,28-29,32,35-41,43-67H2,1-3H3/b21-18-,25-22-,31-30-,34-33-,42-27-. The van der Waals surface area contributed by atoms with Gasteiger partial charge in [-0.1, -0.05) is 306 Å². The number of allylic oxidation sites excluding steroid dienone is 10. The fourth-order valence-electron chi connectivity index (χ4n) is 9.89. The Morgan fingerprint density at radius 2 is 0.468 bits per heavy atom. The molecule has 0 aliphatic rings. The van der Waals surface area contributed by atoms with Crippen LogP contribution in [0.5, 0.6) is 0 Å². The highest BCUT2D eigenvalue weighted by Crippen LogP contribution is 2.17. The largest absolute Gasteiger partial charge is 0.462 e. The predicted octanol–water partition coefficient (Wildman–Crippen LogP) is 23.1. The van der Waals surface area contributed by atoms with Crippen molar-refractivity contribution in [3.8, 4) is 0 Å². The Labute approximate surface area is 479 Å². The summed E-state index contributed by atoms with van der Waals surface area (Å²) in [7, 11) is 0. The summed E-state index contributed by atoms with van der Waals surface area (Å²) in [5.74, 6) is -0.870. The van der Waals surface area contributed by atoms with Gasteiger partial charge in [-0.05, 0) is 89.9 Å². The summed E-state index contributed by atoms with van der Waals surface area (Å²) in [4.78, 5) is 38.4. The van der Waals surface area contributed by atoms with Crippen LogP contribution in [-0.2, 0) is 28.6 Å². The molecule has 0 aliphatic carbocycles. The zero-order valence-corrected chi connectivity index (χ0v) is 51.5. The minimum atomic E-state index is -0.780. The zero-order valence-electron chi connectivity index (χ0n) is 51.5. The molecule has 0 aromatic rings. The van der Waals surface area contributed by atoms with E-state index in [9.17, 15) is 14.4 Å². The molecule has 1 unspecified atom stereocenters. The third-order valence-electron chi connectivity index (χ3n) is 15.0. The highest BCUT2D eigenvalue weighted by Gasteiger charge is 2.19. The average molecular weight is 1080 g/mol. The van der Waals surface area contributed by atoms with Crippen molar-refractivity contribution in [1.29, 1.82) is 0 Å². The molecule has 0 aliphatic heterocycles. The Hall–Kier alpha value is -2.89. The van der Waals surface area contributed by atoms with E-state index in [1.165, 1.54) is 225 Å². The van der Waals surface area contributed by atoms with Crippen LogP contribution in [0.2, 0.25) is 0 Å². The fraction of sp³-hybridized carbons (Fsp3) is 0.817. The highest BCUT2D eigenvalue weighted by molar-refractivity contribution is 5.71. The lowest BCUT2D eigenvalue weighted by molar-refractivity contribution is -0.167. The SMILES string of the molecule is CCCCC/C=C\C/C=C\CCCCCCCC(=O)OCC(COC(=O)CCCCCCCCCCCCCC/C=C\C/C=C\C/C=C\CCCCCCC)OC(=O)CCCCCCCCCCCCCCCCCCC. The minimum Gasteiger partial charge on any atom is -0.462 e. The summed E-state index contributed by atoms with van der Waals surface area (Å²) < 4.78 is 17.0. The Morgan fingerprint density at radius 1 is 0.260 bits per heavy atom. The number of ether oxygens (including phenoxy) is 3. The van der Waals surface area contributed by atoms with Crippen molar-refractivity contribution in [2.45, 2.75) is 361 Å². The van der Waals surface area contributed by atoms with Crippen molar-refractivity contribution in [2.75, 3.05) is 13.2 Å². The van der Waals surface area contributed by atoms with Gasteiger partial charge in [0.05, 0.1) is 0 Å². The van der Waals surface area contributed by atoms with Gasteiger partial charge >= 0.3 is 17.9 Å². The van der Waals surface area contributed by atoms with Crippen LogP contribution in [0.15, 0.2) is 60.8 Å². The summed E-state index contributed by atoms with van der Waals surface area (Å²) >= 11 is 0. The highest BCUT2D eigenvalue weighted by atomic mass is 16.6. The van der Waals surface area contributed by atoms with Crippen LogP contribution in [0.25, 0.3) is 0 Å². The topological polar surface area (TPSA) is 78.9 Å². The van der Waals surface area contributed by atoms with Gasteiger partial charge in [-0.15, -0.1) is 0 Å². The molecule has 77 heavy (non-hydrogen) atoms. The molecule has 448 valence electrons. The summed E-state index contributed by atoms with van der Waals surface area (Å²) in [6.45, 7) is 6.64. The van der Waals surface area contributed by atoms with E-state index in [0.29, 0.717) is 19.3 Å². The van der Waals surface area contributed by atoms with Gasteiger partial charge in [0, 0.05) is 19.3 Å². The normalized spacial score (nSPS) is 12.4. The number of unbranched alkanes of at least 4 members (excludes halogenated alkanes) is 41. The molecule has 1 atom stereocenters. The third-order valence-corrected chi connectivity index (χ3v) is 15.0. The summed E-state index contributed by atoms with van der Waals surface area (Å²) in [5, 5.41) is 0. The van der Waals surface area contributed by atoms with Gasteiger partial charge < -0.3 is 14.2 Å². The number of hydrogen-bond donors (Lipinski definition) is 0. The first kappa shape index (κ1) is 74.1. The molecule has 0 saturated heterocycles. The molecule has 0 spiro atoms. The summed E-state index contributed by atoms with van der Waals surface area (Å²) in [5.41, 5.74) is 0. The first-order chi connectivity index (χ1) is 38.0. The van der Waals surface area contributed by atoms with Crippen LogP contribution in [0.3, 0.4) is 0 Å². The number of carbonyl (C=O) groups is 3. The molecule has 0 aromatic heterocycles. The molecule has 0 fully saturated rings. The molecule has 0 amide bonds. The van der Waals surface area contributed by atoms with Crippen molar-refractivity contribution in [3.05, 3.63) is 60.8 Å². The van der Waals surface area contributed by atoms with Gasteiger partial charge in [0.25, 0.3) is 0 Å². The Bertz CT molecular complexity index is 1380. The van der Waals surface area contributed by atoms with Crippen LogP contribution >= 0.6 is 0 Å². The maximum Gasteiger partial charge on any atom is 0.306 e. The van der Waals surface area contributed by atoms with Crippen molar-refractivity contribution in [3.63, 3.8) is 0 Å². The zero-order chi connectivity index (χ0) is 55.7. The Kier molecular flexibility index (Phi) is 63.2. The molecule has 0 N–H and O–H groups in total. The van der Waals surface area contributed by atoms with E-state index in [1.54, 1.807) is 0 Å². The first-order valence-corrected chi connectivity index (χ1v) is 33.8. The van der Waals surface area contributed by atoms with Crippen LogP contribution in [0.1, 0.15) is 355 Å². The van der Waals surface area contributed by atoms with Gasteiger partial charge in [0.15, 0.2) is 6.10 Å². The second kappa shape index (κ2) is 65.6. The molecule has 0 aromatic carbocycles. The number of rotatable bonds is 62. The van der Waals surface area contributed by atoms with E-state index in [1.807, 2.05) is 0 Å². The van der Waals surface area contributed by atoms with E-state index in [0.717, 1.165) is 89.9 Å². The first-order valence-electron chi connectivity index (χ1n) is 33.8. The maximum atomic E-state index is 12.9. The molecule has 0 rings (SSSR count). The van der Waals surface area contributed by atoms with Crippen molar-refractivity contribution in [1.82, 2.24) is 0 Å². The molecular formula is C71H128O6. The smallest absolute Gasteiger partial charge is 0.306 e. The monoisotopic (exact) mass is 1080 g/mol. The third kappa shape index (κ3) is 63.8. The second-order valence-electron chi connectivity index (χ2n) is 22.7. The van der Waals surface area contributed by atoms with Crippen LogP contribution in [-0.4, -0.2) is 37.2 Å². The number of esters is 3. The summed E-state index contributed by atoms with van der Waals surface area (Å²) in [6, 6.07) is 0. The maximum absolute atomic E-state index is 12.9. The number of carbonyl (C=O) groups excluding carboxylic acids is 3. The van der Waals surface area contributed by atoms with Gasteiger partial charge in [0.2, 0.25) is 0 Å². The molecule has 0 heterocycles. The van der Waals surface area contributed by atoms with E-state index < -0.39 is 6.10 Å². The molecule has 0 bridgehead atoms. The van der Waals surface area contributed by atoms with Crippen molar-refractivity contribution < 1.29 is 28.6 Å². The van der Waals surface area contributed by atoms with E-state index in [2.05, 4.69) is 81.5 Å². The number of hydrogen-bond acceptors (Lipinski definition) is 6. The lowest BCUT2D eigenvalue weighted by atomic mass is 10.0. The predicted molar refractivity (Wildman–Crippen MR) is 335 cm³/mol. The Balaban J connectivity index is 4.28. The quantitative estimate of drug-likeness (QED) is 0.0261. The van der Waals surface area contributed by atoms with E-state index in [4.69, 9.17) is 14.2 Å². The van der Waals surface area contributed by atoms with Crippen LogP contribution in [0.4, 0.5) is 0 Å². The van der Waals surface area contributed by atoms with E-state index >= 15 is 0 Å². The fourth-order valence-corrected chi connectivity index (χ4v) is 9.89. The Morgan fingerprint density at radius 3 is 0.753 bits per heavy atom. The van der Waals surface area contributed by atoms with Gasteiger partial charge in [0.1, 0.15) is 13.2 Å². The molecule has 6 nitrogen and oxygen atoms in total. The van der Waals surface area contributed by atoms with Gasteiger partial charge in [-0.2, -0.15) is 0 Å². The summed E-state index contributed by atoms with van der Waals surface area (Å²) in [6.07, 6.45) is 83.7. The van der Waals surface area contributed by atoms with Crippen molar-refractivity contribution in [2.24, 2.45) is 0 Å². The lowest BCUT2D eigenvalue weighted by Gasteiger charge is -2.18. The molecular weight excluding hydrogens is 949 g/mol. The molecule has 0 radical (unpaired) electrons. The van der Waals surface area contributed by atoms with Gasteiger partial charge in [-0.25, -0.2) is 0 Å². The van der Waals surface area contributed by atoms with Crippen molar-refractivity contribution >= 4 is 17.9 Å². The lowest BCUT2D eigenvalue weighted by Crippen LogP contribution is -2.30. The second-order valence-corrected chi connectivity index (χ2v) is 22.7. The van der Waals surface area contributed by atoms with E-state index in [-0.39, 0.29) is 31.1 Å². The average Bonchev–Trinajstić information content (AvgIpc) is 3.43. The minimum absolute atomic E-state index is 0.0761. The van der Waals surface area contributed by atoms with Crippen LogP contribution in [0, 0.1) is 0 Å².